The molecule has 3 aromatic carbocycles. The van der Waals surface area contributed by atoms with E-state index in [2.05, 4.69) is 50.5 Å². The molecule has 0 bridgehead atoms. The molecule has 2 N–H and O–H groups in total. The number of nitrogens with one attached hydrogen (secondary N) is 1. The van der Waals surface area contributed by atoms with Crippen LogP contribution in [0.1, 0.15) is 21.5 Å². The van der Waals surface area contributed by atoms with Gasteiger partial charge in [0, 0.05) is 10.6 Å². The molecule has 0 saturated heterocycles. The van der Waals surface area contributed by atoms with Gasteiger partial charge in [-0.3, -0.25) is 4.79 Å². The van der Waals surface area contributed by atoms with Gasteiger partial charge in [0.15, 0.2) is 0 Å². The van der Waals surface area contributed by atoms with Crippen LogP contribution in [0.2, 0.25) is 5.02 Å². The van der Waals surface area contributed by atoms with E-state index in [0.29, 0.717) is 28.5 Å². The largest absolute Gasteiger partial charge is 0.487 e. The number of rotatable bonds is 7. The van der Waals surface area contributed by atoms with Gasteiger partial charge in [-0.2, -0.15) is 0 Å². The number of carbonyl (C=O) groups excluding carboxylic acids is 1. The first kappa shape index (κ1) is 23.6. The first-order valence-corrected chi connectivity index (χ1v) is 11.5. The SMILES string of the molecule is O=C(O)/C(=C\c1cc(I)c(OCc2cccc(Cl)c2)c(I)c1)NC(=O)c1ccccc1. The fourth-order valence-corrected chi connectivity index (χ4v) is 5.03. The number of ether oxygens (including phenoxy) is 1. The Labute approximate surface area is 211 Å². The van der Waals surface area contributed by atoms with E-state index in [9.17, 15) is 14.7 Å². The first-order valence-electron chi connectivity index (χ1n) is 9.01. The number of hydrogen-bond acceptors (Lipinski definition) is 3. The van der Waals surface area contributed by atoms with Gasteiger partial charge in [-0.05, 0) is 98.8 Å². The van der Waals surface area contributed by atoms with Crippen LogP contribution in [0.15, 0.2) is 72.4 Å². The van der Waals surface area contributed by atoms with Crippen molar-refractivity contribution in [3.63, 3.8) is 0 Å². The highest BCUT2D eigenvalue weighted by molar-refractivity contribution is 14.1. The van der Waals surface area contributed by atoms with Gasteiger partial charge in [-0.15, -0.1) is 0 Å². The Bertz CT molecular complexity index is 1130. The smallest absolute Gasteiger partial charge is 0.352 e. The summed E-state index contributed by atoms with van der Waals surface area (Å²) in [5, 5.41) is 12.6. The van der Waals surface area contributed by atoms with E-state index in [1.807, 2.05) is 18.2 Å². The molecule has 0 aliphatic rings. The second kappa shape index (κ2) is 11.0. The fraction of sp³-hybridized carbons (Fsp3) is 0.0435. The molecule has 0 aliphatic carbocycles. The highest BCUT2D eigenvalue weighted by Gasteiger charge is 2.15. The molecule has 0 aromatic heterocycles. The van der Waals surface area contributed by atoms with Crippen LogP contribution in [-0.2, 0) is 11.4 Å². The van der Waals surface area contributed by atoms with E-state index in [4.69, 9.17) is 16.3 Å². The Morgan fingerprint density at radius 1 is 1.00 bits per heavy atom. The summed E-state index contributed by atoms with van der Waals surface area (Å²) in [5.74, 6) is -1.01. The minimum atomic E-state index is -1.23. The molecule has 1 amide bonds. The summed E-state index contributed by atoms with van der Waals surface area (Å²) < 4.78 is 7.59. The van der Waals surface area contributed by atoms with E-state index < -0.39 is 11.9 Å². The molecule has 0 spiro atoms. The van der Waals surface area contributed by atoms with Gasteiger partial charge >= 0.3 is 5.97 Å². The number of aliphatic carboxylic acids is 1. The number of carboxylic acid groups (broad SMARTS) is 1. The molecule has 0 atom stereocenters. The first-order chi connectivity index (χ1) is 14.8. The van der Waals surface area contributed by atoms with Gasteiger partial charge in [0.1, 0.15) is 18.1 Å². The van der Waals surface area contributed by atoms with Crippen LogP contribution in [0.5, 0.6) is 5.75 Å². The Morgan fingerprint density at radius 3 is 2.29 bits per heavy atom. The third-order valence-corrected chi connectivity index (χ3v) is 5.96. The molecule has 3 aromatic rings. The van der Waals surface area contributed by atoms with E-state index in [-0.39, 0.29) is 5.70 Å². The van der Waals surface area contributed by atoms with Crippen molar-refractivity contribution in [1.82, 2.24) is 5.32 Å². The Morgan fingerprint density at radius 2 is 1.68 bits per heavy atom. The molecule has 0 radical (unpaired) electrons. The molecule has 0 heterocycles. The van der Waals surface area contributed by atoms with Gasteiger partial charge in [-0.1, -0.05) is 41.9 Å². The average molecular weight is 660 g/mol. The zero-order chi connectivity index (χ0) is 22.4. The zero-order valence-electron chi connectivity index (χ0n) is 15.9. The topological polar surface area (TPSA) is 75.6 Å². The van der Waals surface area contributed by atoms with Crippen molar-refractivity contribution in [3.8, 4) is 5.75 Å². The lowest BCUT2D eigenvalue weighted by molar-refractivity contribution is -0.132. The maximum absolute atomic E-state index is 12.3. The third-order valence-electron chi connectivity index (χ3n) is 4.12. The number of benzene rings is 3. The number of amides is 1. The van der Waals surface area contributed by atoms with E-state index in [1.165, 1.54) is 6.08 Å². The summed E-state index contributed by atoms with van der Waals surface area (Å²) in [5.41, 5.74) is 1.74. The quantitative estimate of drug-likeness (QED) is 0.242. The highest BCUT2D eigenvalue weighted by Crippen LogP contribution is 2.30. The lowest BCUT2D eigenvalue weighted by Crippen LogP contribution is -2.27. The van der Waals surface area contributed by atoms with Crippen LogP contribution in [0.3, 0.4) is 0 Å². The Hall–Kier alpha value is -2.11. The molecule has 0 fully saturated rings. The van der Waals surface area contributed by atoms with Crippen molar-refractivity contribution in [2.75, 3.05) is 0 Å². The summed E-state index contributed by atoms with van der Waals surface area (Å²) in [6, 6.07) is 19.5. The summed E-state index contributed by atoms with van der Waals surface area (Å²) in [4.78, 5) is 24.0. The lowest BCUT2D eigenvalue weighted by Gasteiger charge is -2.12. The molecule has 8 heteroatoms. The number of halogens is 3. The van der Waals surface area contributed by atoms with E-state index in [1.54, 1.807) is 48.5 Å². The van der Waals surface area contributed by atoms with E-state index in [0.717, 1.165) is 12.7 Å². The molecule has 158 valence electrons. The maximum atomic E-state index is 12.3. The summed E-state index contributed by atoms with van der Waals surface area (Å²) in [6.45, 7) is 0.356. The lowest BCUT2D eigenvalue weighted by atomic mass is 10.1. The van der Waals surface area contributed by atoms with Crippen LogP contribution in [0, 0.1) is 7.14 Å². The highest BCUT2D eigenvalue weighted by atomic mass is 127. The average Bonchev–Trinajstić information content (AvgIpc) is 2.73. The van der Waals surface area contributed by atoms with Crippen molar-refractivity contribution in [2.24, 2.45) is 0 Å². The van der Waals surface area contributed by atoms with Crippen LogP contribution in [-0.4, -0.2) is 17.0 Å². The third kappa shape index (κ3) is 6.68. The van der Waals surface area contributed by atoms with Crippen molar-refractivity contribution in [1.29, 1.82) is 0 Å². The molecule has 3 rings (SSSR count). The van der Waals surface area contributed by atoms with Crippen molar-refractivity contribution in [2.45, 2.75) is 6.61 Å². The second-order valence-electron chi connectivity index (χ2n) is 6.42. The van der Waals surface area contributed by atoms with Crippen molar-refractivity contribution in [3.05, 3.63) is 101 Å². The molecule has 0 unspecified atom stereocenters. The number of hydrogen-bond donors (Lipinski definition) is 2. The maximum Gasteiger partial charge on any atom is 0.352 e. The summed E-state index contributed by atoms with van der Waals surface area (Å²) >= 11 is 10.3. The van der Waals surface area contributed by atoms with Crippen LogP contribution >= 0.6 is 56.8 Å². The van der Waals surface area contributed by atoms with Gasteiger partial charge in [0.2, 0.25) is 0 Å². The molecular weight excluding hydrogens is 644 g/mol. The van der Waals surface area contributed by atoms with Gasteiger partial charge in [-0.25, -0.2) is 4.79 Å². The van der Waals surface area contributed by atoms with E-state index >= 15 is 0 Å². The fourth-order valence-electron chi connectivity index (χ4n) is 2.68. The number of carbonyl (C=O) groups is 2. The summed E-state index contributed by atoms with van der Waals surface area (Å²) in [7, 11) is 0. The Kier molecular flexibility index (Phi) is 8.33. The van der Waals surface area contributed by atoms with Gasteiger partial charge in [0.05, 0.1) is 7.14 Å². The van der Waals surface area contributed by atoms with Gasteiger partial charge in [0.25, 0.3) is 5.91 Å². The predicted octanol–water partition coefficient (Wildman–Crippen LogP) is 5.98. The molecule has 0 aliphatic heterocycles. The molecule has 5 nitrogen and oxygen atoms in total. The zero-order valence-corrected chi connectivity index (χ0v) is 21.0. The molecule has 31 heavy (non-hydrogen) atoms. The second-order valence-corrected chi connectivity index (χ2v) is 9.18. The summed E-state index contributed by atoms with van der Waals surface area (Å²) in [6.07, 6.45) is 1.42. The molecule has 0 saturated carbocycles. The monoisotopic (exact) mass is 659 g/mol. The normalized spacial score (nSPS) is 11.1. The predicted molar refractivity (Wildman–Crippen MR) is 137 cm³/mol. The minimum Gasteiger partial charge on any atom is -0.487 e. The minimum absolute atomic E-state index is 0.215. The van der Waals surface area contributed by atoms with Crippen molar-refractivity contribution < 1.29 is 19.4 Å². The Balaban J connectivity index is 1.80. The molecular formula is C23H16ClI2NO4. The van der Waals surface area contributed by atoms with Crippen LogP contribution in [0.4, 0.5) is 0 Å². The van der Waals surface area contributed by atoms with Crippen molar-refractivity contribution >= 4 is 74.7 Å². The van der Waals surface area contributed by atoms with Crippen LogP contribution < -0.4 is 10.1 Å². The standard InChI is InChI=1S/C23H16ClI2NO4/c24-17-8-4-5-14(9-17)13-31-21-18(25)10-15(11-19(21)26)12-20(23(29)30)27-22(28)16-6-2-1-3-7-16/h1-12H,13H2,(H,27,28)(H,29,30)/b20-12+. The van der Waals surface area contributed by atoms with Gasteiger partial charge < -0.3 is 15.2 Å². The van der Waals surface area contributed by atoms with Crippen LogP contribution in [0.25, 0.3) is 6.08 Å². The number of carboxylic acids is 1.